The van der Waals surface area contributed by atoms with E-state index in [1.165, 1.54) is 11.8 Å². The monoisotopic (exact) mass is 437 g/mol. The Morgan fingerprint density at radius 1 is 1.31 bits per heavy atom. The number of aromatic nitrogens is 2. The van der Waals surface area contributed by atoms with Crippen molar-refractivity contribution in [1.29, 1.82) is 0 Å². The molecular formula is C20H27N3O4S2. The van der Waals surface area contributed by atoms with Gasteiger partial charge in [-0.2, -0.15) is 0 Å². The number of hydrogen-bond donors (Lipinski definition) is 0. The summed E-state index contributed by atoms with van der Waals surface area (Å²) in [5, 5.41) is 1.35. The number of amides is 1. The molecule has 2 saturated heterocycles. The van der Waals surface area contributed by atoms with Crippen LogP contribution in [-0.4, -0.2) is 65.1 Å². The van der Waals surface area contributed by atoms with Gasteiger partial charge in [0, 0.05) is 24.6 Å². The van der Waals surface area contributed by atoms with Gasteiger partial charge in [0.25, 0.3) is 5.56 Å². The third-order valence-electron chi connectivity index (χ3n) is 5.53. The van der Waals surface area contributed by atoms with Gasteiger partial charge in [-0.3, -0.25) is 14.2 Å². The van der Waals surface area contributed by atoms with Crippen LogP contribution in [0.2, 0.25) is 0 Å². The molecule has 0 aliphatic carbocycles. The molecule has 0 saturated carbocycles. The Morgan fingerprint density at radius 2 is 2.10 bits per heavy atom. The molecule has 7 nitrogen and oxygen atoms in total. The molecule has 4 rings (SSSR count). The molecule has 0 spiro atoms. The van der Waals surface area contributed by atoms with Crippen LogP contribution >= 0.6 is 23.1 Å². The number of rotatable bonds is 6. The SMILES string of the molecule is CCc1c(C)sc2nc(SCC(=O)N3CCOCC3)n(CC3CCCO3)c(=O)c12. The number of nitrogens with zero attached hydrogens (tertiary/aromatic N) is 3. The van der Waals surface area contributed by atoms with Gasteiger partial charge in [0.2, 0.25) is 5.91 Å². The van der Waals surface area contributed by atoms with E-state index in [1.807, 2.05) is 11.8 Å². The lowest BCUT2D eigenvalue weighted by Gasteiger charge is -2.26. The molecule has 1 atom stereocenters. The summed E-state index contributed by atoms with van der Waals surface area (Å²) in [4.78, 5) is 34.6. The van der Waals surface area contributed by atoms with E-state index in [0.29, 0.717) is 38.0 Å². The fourth-order valence-corrected chi connectivity index (χ4v) is 6.02. The number of carbonyl (C=O) groups excluding carboxylic acids is 1. The van der Waals surface area contributed by atoms with Gasteiger partial charge in [-0.1, -0.05) is 18.7 Å². The summed E-state index contributed by atoms with van der Waals surface area (Å²) in [6.45, 7) is 7.76. The van der Waals surface area contributed by atoms with E-state index < -0.39 is 0 Å². The third-order valence-corrected chi connectivity index (χ3v) is 7.53. The smallest absolute Gasteiger partial charge is 0.263 e. The van der Waals surface area contributed by atoms with Gasteiger partial charge in [0.05, 0.1) is 37.0 Å². The zero-order chi connectivity index (χ0) is 20.4. The highest BCUT2D eigenvalue weighted by molar-refractivity contribution is 7.99. The Morgan fingerprint density at radius 3 is 2.79 bits per heavy atom. The molecule has 29 heavy (non-hydrogen) atoms. The predicted molar refractivity (Wildman–Crippen MR) is 115 cm³/mol. The molecule has 158 valence electrons. The van der Waals surface area contributed by atoms with Crippen LogP contribution in [0, 0.1) is 6.92 Å². The fourth-order valence-electron chi connectivity index (χ4n) is 3.95. The number of thioether (sulfide) groups is 1. The minimum atomic E-state index is -0.00646. The maximum Gasteiger partial charge on any atom is 0.263 e. The van der Waals surface area contributed by atoms with Crippen LogP contribution in [0.3, 0.4) is 0 Å². The maximum absolute atomic E-state index is 13.4. The highest BCUT2D eigenvalue weighted by Crippen LogP contribution is 2.30. The first-order valence-electron chi connectivity index (χ1n) is 10.2. The summed E-state index contributed by atoms with van der Waals surface area (Å²) in [7, 11) is 0. The summed E-state index contributed by atoms with van der Waals surface area (Å²) >= 11 is 2.92. The predicted octanol–water partition coefficient (Wildman–Crippen LogP) is 2.46. The molecule has 2 fully saturated rings. The van der Waals surface area contributed by atoms with Gasteiger partial charge in [-0.25, -0.2) is 4.98 Å². The zero-order valence-electron chi connectivity index (χ0n) is 16.9. The van der Waals surface area contributed by atoms with Crippen molar-refractivity contribution in [2.75, 3.05) is 38.7 Å². The maximum atomic E-state index is 13.4. The lowest BCUT2D eigenvalue weighted by Crippen LogP contribution is -2.41. The quantitative estimate of drug-likeness (QED) is 0.511. The average molecular weight is 438 g/mol. The summed E-state index contributed by atoms with van der Waals surface area (Å²) in [6.07, 6.45) is 2.81. The van der Waals surface area contributed by atoms with Crippen LogP contribution < -0.4 is 5.56 Å². The van der Waals surface area contributed by atoms with Gasteiger partial charge in [0.1, 0.15) is 4.83 Å². The van der Waals surface area contributed by atoms with Crippen molar-refractivity contribution in [3.05, 3.63) is 20.8 Å². The molecule has 0 radical (unpaired) electrons. The Hall–Kier alpha value is -1.42. The lowest BCUT2D eigenvalue weighted by atomic mass is 10.1. The third kappa shape index (κ3) is 4.38. The van der Waals surface area contributed by atoms with Crippen molar-refractivity contribution in [3.63, 3.8) is 0 Å². The standard InChI is InChI=1S/C20H27N3O4S2/c1-3-15-13(2)29-18-17(15)19(25)23(11-14-5-4-8-27-14)20(21-18)28-12-16(24)22-6-9-26-10-7-22/h14H,3-12H2,1-2H3. The first-order chi connectivity index (χ1) is 14.1. The number of morpholine rings is 1. The minimum absolute atomic E-state index is 0.00646. The number of aryl methyl sites for hydroxylation is 2. The minimum Gasteiger partial charge on any atom is -0.378 e. The van der Waals surface area contributed by atoms with Crippen LogP contribution in [0.25, 0.3) is 10.2 Å². The van der Waals surface area contributed by atoms with E-state index in [-0.39, 0.29) is 23.3 Å². The molecule has 0 bridgehead atoms. The Balaban J connectivity index is 1.65. The fraction of sp³-hybridized carbons (Fsp3) is 0.650. The highest BCUT2D eigenvalue weighted by Gasteiger charge is 2.24. The molecule has 2 aliphatic heterocycles. The summed E-state index contributed by atoms with van der Waals surface area (Å²) in [5.41, 5.74) is 1.08. The molecule has 2 aromatic rings. The van der Waals surface area contributed by atoms with Crippen molar-refractivity contribution in [2.24, 2.45) is 0 Å². The van der Waals surface area contributed by atoms with E-state index in [1.54, 1.807) is 15.9 Å². The van der Waals surface area contributed by atoms with Crippen molar-refractivity contribution >= 4 is 39.2 Å². The normalized spacial score (nSPS) is 19.9. The van der Waals surface area contributed by atoms with Gasteiger partial charge in [-0.15, -0.1) is 11.3 Å². The number of thiophene rings is 1. The Kier molecular flexibility index (Phi) is 6.58. The summed E-state index contributed by atoms with van der Waals surface area (Å²) < 4.78 is 12.8. The van der Waals surface area contributed by atoms with Gasteiger partial charge >= 0.3 is 0 Å². The molecule has 4 heterocycles. The average Bonchev–Trinajstić information content (AvgIpc) is 3.36. The molecule has 1 amide bonds. The van der Waals surface area contributed by atoms with Crippen LogP contribution in [-0.2, 0) is 27.2 Å². The van der Waals surface area contributed by atoms with Crippen molar-refractivity contribution < 1.29 is 14.3 Å². The Labute approximate surface area is 178 Å². The van der Waals surface area contributed by atoms with Gasteiger partial charge in [-0.05, 0) is 31.7 Å². The second-order valence-electron chi connectivity index (χ2n) is 7.40. The first kappa shape index (κ1) is 20.8. The van der Waals surface area contributed by atoms with E-state index in [9.17, 15) is 9.59 Å². The molecule has 9 heteroatoms. The zero-order valence-corrected chi connectivity index (χ0v) is 18.6. The molecule has 1 unspecified atom stereocenters. The van der Waals surface area contributed by atoms with Crippen molar-refractivity contribution in [1.82, 2.24) is 14.5 Å². The number of hydrogen-bond acceptors (Lipinski definition) is 7. The van der Waals surface area contributed by atoms with Crippen molar-refractivity contribution in [3.8, 4) is 0 Å². The van der Waals surface area contributed by atoms with Gasteiger partial charge < -0.3 is 14.4 Å². The molecule has 2 aliphatic rings. The first-order valence-corrected chi connectivity index (χ1v) is 12.0. The summed E-state index contributed by atoms with van der Waals surface area (Å²) in [5.74, 6) is 0.335. The molecule has 0 aromatic carbocycles. The number of fused-ring (bicyclic) bond motifs is 1. The van der Waals surface area contributed by atoms with E-state index in [4.69, 9.17) is 14.5 Å². The lowest BCUT2D eigenvalue weighted by molar-refractivity contribution is -0.132. The van der Waals surface area contributed by atoms with Gasteiger partial charge in [0.15, 0.2) is 5.16 Å². The second kappa shape index (κ2) is 9.16. The van der Waals surface area contributed by atoms with Crippen LogP contribution in [0.5, 0.6) is 0 Å². The topological polar surface area (TPSA) is 73.7 Å². The molecule has 2 aromatic heterocycles. The number of ether oxygens (including phenoxy) is 2. The van der Waals surface area contributed by atoms with E-state index in [0.717, 1.165) is 46.5 Å². The van der Waals surface area contributed by atoms with Crippen LogP contribution in [0.4, 0.5) is 0 Å². The van der Waals surface area contributed by atoms with Crippen molar-refractivity contribution in [2.45, 2.75) is 50.9 Å². The number of carbonyl (C=O) groups is 1. The largest absolute Gasteiger partial charge is 0.378 e. The highest BCUT2D eigenvalue weighted by atomic mass is 32.2. The second-order valence-corrected chi connectivity index (χ2v) is 9.54. The van der Waals surface area contributed by atoms with E-state index >= 15 is 0 Å². The van der Waals surface area contributed by atoms with E-state index in [2.05, 4.69) is 6.92 Å². The van der Waals surface area contributed by atoms with Crippen LogP contribution in [0.1, 0.15) is 30.2 Å². The van der Waals surface area contributed by atoms with Crippen LogP contribution in [0.15, 0.2) is 9.95 Å². The summed E-state index contributed by atoms with van der Waals surface area (Å²) in [6, 6.07) is 0. The Bertz CT molecular complexity index is 943. The molecule has 0 N–H and O–H groups in total. The molecular weight excluding hydrogens is 410 g/mol.